The normalized spacial score (nSPS) is 13.0. The van der Waals surface area contributed by atoms with Crippen molar-refractivity contribution in [3.05, 3.63) is 0 Å². The van der Waals surface area contributed by atoms with E-state index in [0.717, 1.165) is 32.1 Å². The standard InChI is InChI=1S/C65H132NO7P/c1-3-5-7-9-11-13-15-17-19-21-23-25-26-27-28-29-30-31-32-33-34-35-36-37-38-39-40-42-44-46-48-50-52-54-56-58-65(67)73-64(63-72-74(68,69)71-61-59-66)62-70-60-57-55-53-51-49-47-45-43-41-24-22-20-18-16-14-12-10-8-6-4-2/h64H,3-63,66H2,1-2H3,(H,68,69)/t64-/m1/s1. The van der Waals surface area contributed by atoms with Crippen LogP contribution in [0.15, 0.2) is 0 Å². The van der Waals surface area contributed by atoms with Gasteiger partial charge >= 0.3 is 13.8 Å². The number of hydrogen-bond donors (Lipinski definition) is 2. The molecule has 0 saturated carbocycles. The highest BCUT2D eigenvalue weighted by Gasteiger charge is 2.25. The molecule has 3 N–H and O–H groups in total. The fourth-order valence-corrected chi connectivity index (χ4v) is 11.4. The molecule has 0 fully saturated rings. The van der Waals surface area contributed by atoms with Crippen LogP contribution in [0, 0.1) is 0 Å². The van der Waals surface area contributed by atoms with Crippen molar-refractivity contribution < 1.29 is 32.8 Å². The zero-order valence-corrected chi connectivity index (χ0v) is 51.0. The molecule has 1 unspecified atom stereocenters. The number of phosphoric acid groups is 1. The van der Waals surface area contributed by atoms with Gasteiger partial charge in [0.25, 0.3) is 0 Å². The molecule has 0 aromatic rings. The molecule has 2 atom stereocenters. The van der Waals surface area contributed by atoms with Crippen LogP contribution in [0.1, 0.15) is 373 Å². The lowest BCUT2D eigenvalue weighted by molar-refractivity contribution is -0.154. The first kappa shape index (κ1) is 73.5. The van der Waals surface area contributed by atoms with E-state index in [0.29, 0.717) is 13.0 Å². The molecule has 9 heteroatoms. The highest BCUT2D eigenvalue weighted by Crippen LogP contribution is 2.43. The van der Waals surface area contributed by atoms with Crippen molar-refractivity contribution in [2.24, 2.45) is 5.73 Å². The second-order valence-corrected chi connectivity index (χ2v) is 24.5. The first-order chi connectivity index (χ1) is 36.4. The lowest BCUT2D eigenvalue weighted by Crippen LogP contribution is -2.28. The molecule has 0 saturated heterocycles. The number of unbranched alkanes of at least 4 members (excludes halogenated alkanes) is 53. The number of carbonyl (C=O) groups is 1. The molecule has 0 spiro atoms. The predicted molar refractivity (Wildman–Crippen MR) is 321 cm³/mol. The number of nitrogens with two attached hydrogens (primary N) is 1. The van der Waals surface area contributed by atoms with Gasteiger partial charge in [0.1, 0.15) is 6.10 Å². The highest BCUT2D eigenvalue weighted by atomic mass is 31.2. The molecule has 0 rings (SSSR count). The van der Waals surface area contributed by atoms with E-state index < -0.39 is 13.9 Å². The molecular formula is C65H132NO7P. The van der Waals surface area contributed by atoms with Crippen molar-refractivity contribution in [3.8, 4) is 0 Å². The second kappa shape index (κ2) is 63.3. The maximum Gasteiger partial charge on any atom is 0.472 e. The number of hydrogen-bond acceptors (Lipinski definition) is 7. The van der Waals surface area contributed by atoms with Gasteiger partial charge in [0, 0.05) is 19.6 Å². The third-order valence-electron chi connectivity index (χ3n) is 15.5. The molecule has 8 nitrogen and oxygen atoms in total. The van der Waals surface area contributed by atoms with Crippen molar-refractivity contribution >= 4 is 13.8 Å². The van der Waals surface area contributed by atoms with Crippen LogP contribution in [0.25, 0.3) is 0 Å². The summed E-state index contributed by atoms with van der Waals surface area (Å²) in [6.45, 7) is 5.04. The quantitative estimate of drug-likeness (QED) is 0.0351. The monoisotopic (exact) mass is 1070 g/mol. The van der Waals surface area contributed by atoms with Gasteiger partial charge < -0.3 is 20.1 Å². The summed E-state index contributed by atoms with van der Waals surface area (Å²) >= 11 is 0. The molecule has 0 aliphatic rings. The summed E-state index contributed by atoms with van der Waals surface area (Å²) in [7, 11) is -4.28. The first-order valence-electron chi connectivity index (χ1n) is 33.5. The predicted octanol–water partition coefficient (Wildman–Crippen LogP) is 21.9. The molecule has 0 amide bonds. The number of ether oxygens (including phenoxy) is 2. The summed E-state index contributed by atoms with van der Waals surface area (Å²) in [6, 6.07) is 0. The second-order valence-electron chi connectivity index (χ2n) is 23.1. The molecule has 444 valence electrons. The van der Waals surface area contributed by atoms with E-state index in [9.17, 15) is 14.3 Å². The Morgan fingerprint density at radius 2 is 0.595 bits per heavy atom. The summed E-state index contributed by atoms with van der Waals surface area (Å²) in [5.74, 6) is -0.317. The van der Waals surface area contributed by atoms with Crippen molar-refractivity contribution in [2.45, 2.75) is 380 Å². The van der Waals surface area contributed by atoms with E-state index in [-0.39, 0.29) is 32.3 Å². The van der Waals surface area contributed by atoms with Crippen LogP contribution in [-0.2, 0) is 27.9 Å². The zero-order valence-electron chi connectivity index (χ0n) is 50.1. The Labute approximate surface area is 462 Å². The zero-order chi connectivity index (χ0) is 53.6. The van der Waals surface area contributed by atoms with Crippen molar-refractivity contribution in [2.75, 3.05) is 33.0 Å². The first-order valence-corrected chi connectivity index (χ1v) is 35.0. The summed E-state index contributed by atoms with van der Waals surface area (Å²) in [5, 5.41) is 0. The smallest absolute Gasteiger partial charge is 0.457 e. The summed E-state index contributed by atoms with van der Waals surface area (Å²) in [4.78, 5) is 22.7. The summed E-state index contributed by atoms with van der Waals surface area (Å²) in [6.07, 6.45) is 74.9. The minimum atomic E-state index is -4.28. The number of phosphoric ester groups is 1. The maximum atomic E-state index is 12.7. The Balaban J connectivity index is 3.69. The number of rotatable bonds is 66. The Morgan fingerprint density at radius 3 is 0.851 bits per heavy atom. The van der Waals surface area contributed by atoms with Gasteiger partial charge in [0.15, 0.2) is 0 Å². The molecule has 0 radical (unpaired) electrons. The SMILES string of the molecule is CCCCCCCCCCCCCCCCCCCCCCCCCCCCCCCCCCCCCC(=O)O[C@H](COCCCCCCCCCCCCCCCCCCCCCC)COP(=O)(O)OCCN. The van der Waals surface area contributed by atoms with Gasteiger partial charge in [0.2, 0.25) is 0 Å². The Morgan fingerprint density at radius 1 is 0.351 bits per heavy atom. The van der Waals surface area contributed by atoms with Crippen LogP contribution in [0.4, 0.5) is 0 Å². The highest BCUT2D eigenvalue weighted by molar-refractivity contribution is 7.47. The largest absolute Gasteiger partial charge is 0.472 e. The Bertz CT molecular complexity index is 1110. The fraction of sp³-hybridized carbons (Fsp3) is 0.985. The third kappa shape index (κ3) is 62.3. The van der Waals surface area contributed by atoms with Gasteiger partial charge in [-0.1, -0.05) is 354 Å². The molecule has 0 bridgehead atoms. The molecule has 0 aliphatic carbocycles. The van der Waals surface area contributed by atoms with E-state index in [1.807, 2.05) is 0 Å². The summed E-state index contributed by atoms with van der Waals surface area (Å²) in [5.41, 5.74) is 5.42. The Kier molecular flexibility index (Phi) is 62.9. The lowest BCUT2D eigenvalue weighted by Gasteiger charge is -2.20. The number of esters is 1. The molecular weight excluding hydrogens is 938 g/mol. The van der Waals surface area contributed by atoms with Gasteiger partial charge in [-0.15, -0.1) is 0 Å². The van der Waals surface area contributed by atoms with E-state index in [4.69, 9.17) is 24.3 Å². The van der Waals surface area contributed by atoms with Crippen LogP contribution >= 0.6 is 7.82 Å². The maximum absolute atomic E-state index is 12.7. The Hall–Kier alpha value is -0.500. The van der Waals surface area contributed by atoms with Gasteiger partial charge in [-0.25, -0.2) is 4.57 Å². The average molecular weight is 1070 g/mol. The van der Waals surface area contributed by atoms with Crippen molar-refractivity contribution in [3.63, 3.8) is 0 Å². The van der Waals surface area contributed by atoms with Crippen LogP contribution in [0.5, 0.6) is 0 Å². The minimum absolute atomic E-state index is 0.0894. The van der Waals surface area contributed by atoms with E-state index in [1.165, 1.54) is 321 Å². The van der Waals surface area contributed by atoms with Gasteiger partial charge in [-0.3, -0.25) is 13.8 Å². The van der Waals surface area contributed by atoms with Crippen molar-refractivity contribution in [1.82, 2.24) is 0 Å². The fourth-order valence-electron chi connectivity index (χ4n) is 10.6. The minimum Gasteiger partial charge on any atom is -0.457 e. The van der Waals surface area contributed by atoms with Crippen LogP contribution < -0.4 is 5.73 Å². The number of carbonyl (C=O) groups excluding carboxylic acids is 1. The van der Waals surface area contributed by atoms with Crippen LogP contribution in [0.2, 0.25) is 0 Å². The van der Waals surface area contributed by atoms with Crippen molar-refractivity contribution in [1.29, 1.82) is 0 Å². The van der Waals surface area contributed by atoms with Crippen LogP contribution in [0.3, 0.4) is 0 Å². The average Bonchev–Trinajstić information content (AvgIpc) is 3.39. The molecule has 0 aromatic heterocycles. The van der Waals surface area contributed by atoms with Crippen LogP contribution in [-0.4, -0.2) is 49.9 Å². The van der Waals surface area contributed by atoms with Gasteiger partial charge in [0.05, 0.1) is 19.8 Å². The molecule has 74 heavy (non-hydrogen) atoms. The van der Waals surface area contributed by atoms with E-state index in [2.05, 4.69) is 13.8 Å². The molecule has 0 heterocycles. The van der Waals surface area contributed by atoms with Gasteiger partial charge in [-0.05, 0) is 12.8 Å². The van der Waals surface area contributed by atoms with Gasteiger partial charge in [-0.2, -0.15) is 0 Å². The molecule has 0 aliphatic heterocycles. The topological polar surface area (TPSA) is 117 Å². The van der Waals surface area contributed by atoms with E-state index in [1.54, 1.807) is 0 Å². The van der Waals surface area contributed by atoms with E-state index >= 15 is 0 Å². The molecule has 0 aromatic carbocycles. The third-order valence-corrected chi connectivity index (χ3v) is 16.5. The summed E-state index contributed by atoms with van der Waals surface area (Å²) < 4.78 is 33.8. The lowest BCUT2D eigenvalue weighted by atomic mass is 10.0.